The number of sulfonamides is 1. The van der Waals surface area contributed by atoms with Crippen LogP contribution in [0.25, 0.3) is 0 Å². The highest BCUT2D eigenvalue weighted by Crippen LogP contribution is 2.46. The van der Waals surface area contributed by atoms with Gasteiger partial charge in [-0.25, -0.2) is 13.6 Å². The van der Waals surface area contributed by atoms with E-state index in [1.807, 2.05) is 13.8 Å². The summed E-state index contributed by atoms with van der Waals surface area (Å²) in [5.41, 5.74) is 0.236. The summed E-state index contributed by atoms with van der Waals surface area (Å²) >= 11 is 1.07. The molecule has 0 spiro atoms. The second-order valence-electron chi connectivity index (χ2n) is 5.90. The van der Waals surface area contributed by atoms with E-state index >= 15 is 0 Å². The zero-order valence-electron chi connectivity index (χ0n) is 13.6. The molecule has 6 heteroatoms. The van der Waals surface area contributed by atoms with Crippen LogP contribution in [0.2, 0.25) is 0 Å². The smallest absolute Gasteiger partial charge is 0.247 e. The van der Waals surface area contributed by atoms with Gasteiger partial charge in [-0.1, -0.05) is 33.4 Å². The Morgan fingerprint density at radius 3 is 2.27 bits per heavy atom. The van der Waals surface area contributed by atoms with E-state index < -0.39 is 21.5 Å². The van der Waals surface area contributed by atoms with Crippen LogP contribution in [0.1, 0.15) is 45.6 Å². The molecule has 0 unspecified atom stereocenters. The molecule has 0 radical (unpaired) electrons. The van der Waals surface area contributed by atoms with Gasteiger partial charge in [-0.3, -0.25) is 0 Å². The summed E-state index contributed by atoms with van der Waals surface area (Å²) in [5.74, 6) is -0.444. The Hall–Kier alpha value is -0.950. The Morgan fingerprint density at radius 2 is 1.91 bits per heavy atom. The Labute approximate surface area is 137 Å². The molecule has 0 saturated heterocycles. The molecule has 2 atom stereocenters. The van der Waals surface area contributed by atoms with Crippen molar-refractivity contribution in [1.82, 2.24) is 0 Å². The van der Waals surface area contributed by atoms with Crippen molar-refractivity contribution in [3.05, 3.63) is 41.3 Å². The van der Waals surface area contributed by atoms with Crippen molar-refractivity contribution >= 4 is 21.4 Å². The number of rotatable bonds is 7. The second-order valence-corrected chi connectivity index (χ2v) is 8.57. The molecule has 0 aromatic carbocycles. The van der Waals surface area contributed by atoms with E-state index in [2.05, 4.69) is 13.2 Å². The quantitative estimate of drug-likeness (QED) is 0.745. The molecule has 1 heterocycles. The SMILES string of the molecule is C=C(C)C(O)(C(=C)C)[C@H](c1ccsc1S(N)(=O)=O)[C@@H](C)CC. The predicted molar refractivity (Wildman–Crippen MR) is 92.5 cm³/mol. The van der Waals surface area contributed by atoms with E-state index in [0.717, 1.165) is 17.8 Å². The lowest BCUT2D eigenvalue weighted by atomic mass is 9.68. The Bertz CT molecular complexity index is 659. The number of nitrogens with two attached hydrogens (primary N) is 1. The molecule has 0 amide bonds. The van der Waals surface area contributed by atoms with E-state index in [4.69, 9.17) is 5.14 Å². The predicted octanol–water partition coefficient (Wildman–Crippen LogP) is 3.41. The molecule has 0 fully saturated rings. The maximum atomic E-state index is 11.9. The fourth-order valence-electron chi connectivity index (χ4n) is 2.84. The van der Waals surface area contributed by atoms with Gasteiger partial charge in [0.1, 0.15) is 9.81 Å². The molecule has 124 valence electrons. The van der Waals surface area contributed by atoms with Crippen molar-refractivity contribution in [3.8, 4) is 0 Å². The first-order valence-corrected chi connectivity index (χ1v) is 9.55. The minimum Gasteiger partial charge on any atom is -0.380 e. The van der Waals surface area contributed by atoms with Crippen LogP contribution in [0.5, 0.6) is 0 Å². The van der Waals surface area contributed by atoms with Crippen LogP contribution in [0.15, 0.2) is 40.0 Å². The molecule has 0 aliphatic carbocycles. The number of primary sulfonamides is 1. The van der Waals surface area contributed by atoms with Crippen LogP contribution in [-0.2, 0) is 10.0 Å². The highest BCUT2D eigenvalue weighted by molar-refractivity contribution is 7.91. The summed E-state index contributed by atoms with van der Waals surface area (Å²) in [7, 11) is -3.84. The number of thiophene rings is 1. The molecule has 22 heavy (non-hydrogen) atoms. The Balaban J connectivity index is 3.67. The fourth-order valence-corrected chi connectivity index (χ4v) is 4.74. The molecule has 0 bridgehead atoms. The molecule has 1 rings (SSSR count). The first-order valence-electron chi connectivity index (χ1n) is 7.12. The van der Waals surface area contributed by atoms with E-state index in [0.29, 0.717) is 16.7 Å². The van der Waals surface area contributed by atoms with Crippen LogP contribution >= 0.6 is 11.3 Å². The van der Waals surface area contributed by atoms with Crippen molar-refractivity contribution in [2.45, 2.75) is 49.8 Å². The van der Waals surface area contributed by atoms with Crippen LogP contribution in [-0.4, -0.2) is 19.1 Å². The van der Waals surface area contributed by atoms with E-state index in [1.54, 1.807) is 25.3 Å². The van der Waals surface area contributed by atoms with Gasteiger partial charge in [-0.05, 0) is 47.9 Å². The van der Waals surface area contributed by atoms with Gasteiger partial charge in [0.2, 0.25) is 10.0 Å². The summed E-state index contributed by atoms with van der Waals surface area (Å²) in [6.45, 7) is 15.2. The van der Waals surface area contributed by atoms with Crippen LogP contribution in [0, 0.1) is 5.92 Å². The maximum Gasteiger partial charge on any atom is 0.247 e. The zero-order valence-corrected chi connectivity index (χ0v) is 15.2. The van der Waals surface area contributed by atoms with Crippen molar-refractivity contribution < 1.29 is 13.5 Å². The van der Waals surface area contributed by atoms with Gasteiger partial charge in [0.15, 0.2) is 0 Å². The first-order chi connectivity index (χ1) is 9.97. The van der Waals surface area contributed by atoms with Gasteiger partial charge < -0.3 is 5.11 Å². The van der Waals surface area contributed by atoms with Crippen molar-refractivity contribution in [2.75, 3.05) is 0 Å². The minimum atomic E-state index is -3.84. The monoisotopic (exact) mass is 343 g/mol. The normalized spacial score (nSPS) is 15.4. The molecule has 0 saturated carbocycles. The van der Waals surface area contributed by atoms with Gasteiger partial charge in [0.25, 0.3) is 0 Å². The lowest BCUT2D eigenvalue weighted by Crippen LogP contribution is -2.42. The summed E-state index contributed by atoms with van der Waals surface area (Å²) in [4.78, 5) is 0. The summed E-state index contributed by atoms with van der Waals surface area (Å²) in [5, 5.41) is 18.3. The Kier molecular flexibility index (Phi) is 5.78. The van der Waals surface area contributed by atoms with Crippen LogP contribution in [0.3, 0.4) is 0 Å². The zero-order chi connectivity index (χ0) is 17.3. The van der Waals surface area contributed by atoms with Crippen molar-refractivity contribution in [3.63, 3.8) is 0 Å². The molecular weight excluding hydrogens is 318 g/mol. The molecule has 4 nitrogen and oxygen atoms in total. The highest BCUT2D eigenvalue weighted by Gasteiger charge is 2.44. The van der Waals surface area contributed by atoms with E-state index in [1.165, 1.54) is 0 Å². The first kappa shape index (κ1) is 19.1. The third-order valence-corrected chi connectivity index (χ3v) is 6.68. The number of hydrogen-bond donors (Lipinski definition) is 2. The molecule has 0 aliphatic heterocycles. The lowest BCUT2D eigenvalue weighted by molar-refractivity contribution is 0.0629. The molecule has 3 N–H and O–H groups in total. The largest absolute Gasteiger partial charge is 0.380 e. The number of aliphatic hydroxyl groups is 1. The van der Waals surface area contributed by atoms with Gasteiger partial charge >= 0.3 is 0 Å². The lowest BCUT2D eigenvalue weighted by Gasteiger charge is -2.41. The summed E-state index contributed by atoms with van der Waals surface area (Å²) in [6.07, 6.45) is 0.771. The third-order valence-electron chi connectivity index (χ3n) is 4.22. The topological polar surface area (TPSA) is 80.4 Å². The summed E-state index contributed by atoms with van der Waals surface area (Å²) < 4.78 is 23.8. The third kappa shape index (κ3) is 3.35. The minimum absolute atomic E-state index is 0.0218. The van der Waals surface area contributed by atoms with Gasteiger partial charge in [-0.2, -0.15) is 0 Å². The maximum absolute atomic E-state index is 11.9. The molecule has 0 aliphatic rings. The summed E-state index contributed by atoms with van der Waals surface area (Å²) in [6, 6.07) is 1.72. The fraction of sp³-hybridized carbons (Fsp3) is 0.500. The molecule has 1 aromatic heterocycles. The number of hydrogen-bond acceptors (Lipinski definition) is 4. The average molecular weight is 344 g/mol. The van der Waals surface area contributed by atoms with Crippen LogP contribution in [0.4, 0.5) is 0 Å². The van der Waals surface area contributed by atoms with Crippen molar-refractivity contribution in [1.29, 1.82) is 0 Å². The van der Waals surface area contributed by atoms with Gasteiger partial charge in [0.05, 0.1) is 0 Å². The highest BCUT2D eigenvalue weighted by atomic mass is 32.2. The van der Waals surface area contributed by atoms with Crippen LogP contribution < -0.4 is 5.14 Å². The van der Waals surface area contributed by atoms with Crippen molar-refractivity contribution in [2.24, 2.45) is 11.1 Å². The molecular formula is C16H25NO3S2. The van der Waals surface area contributed by atoms with E-state index in [-0.39, 0.29) is 10.1 Å². The van der Waals surface area contributed by atoms with E-state index in [9.17, 15) is 13.5 Å². The molecule has 1 aromatic rings. The van der Waals surface area contributed by atoms with Gasteiger partial charge in [-0.15, -0.1) is 11.3 Å². The van der Waals surface area contributed by atoms with Gasteiger partial charge in [0, 0.05) is 5.92 Å². The second kappa shape index (κ2) is 6.66. The Morgan fingerprint density at radius 1 is 1.41 bits per heavy atom. The standard InChI is InChI=1S/C16H25NO3S2/c1-7-12(6)14(16(18,10(2)3)11(4)5)13-8-9-21-15(13)22(17,19)20/h8-9,12,14,18H,2,4,7H2,1,3,5-6H3,(H2,17,19,20)/t12-,14-/m0/s1. The average Bonchev–Trinajstić information content (AvgIpc) is 2.86.